The summed E-state index contributed by atoms with van der Waals surface area (Å²) < 4.78 is 14.5. The summed E-state index contributed by atoms with van der Waals surface area (Å²) in [4.78, 5) is 21.0. The van der Waals surface area contributed by atoms with Gasteiger partial charge in [-0.2, -0.15) is 9.50 Å². The molecule has 0 saturated carbocycles. The van der Waals surface area contributed by atoms with E-state index in [1.165, 1.54) is 22.7 Å². The van der Waals surface area contributed by atoms with Gasteiger partial charge in [-0.25, -0.2) is 9.37 Å². The van der Waals surface area contributed by atoms with Crippen LogP contribution in [0.15, 0.2) is 53.3 Å². The van der Waals surface area contributed by atoms with Crippen molar-refractivity contribution in [3.8, 4) is 11.4 Å². The number of aromatic nitrogens is 4. The molecule has 2 aromatic heterocycles. The molecule has 6 heteroatoms. The zero-order valence-electron chi connectivity index (χ0n) is 10.7. The van der Waals surface area contributed by atoms with Crippen LogP contribution in [0.5, 0.6) is 0 Å². The van der Waals surface area contributed by atoms with Crippen LogP contribution in [-0.4, -0.2) is 19.6 Å². The van der Waals surface area contributed by atoms with E-state index in [9.17, 15) is 9.18 Å². The molecule has 1 N–H and O–H groups in total. The number of hydrogen-bond donors (Lipinski definition) is 1. The Morgan fingerprint density at radius 3 is 2.67 bits per heavy atom. The fourth-order valence-electron chi connectivity index (χ4n) is 2.28. The van der Waals surface area contributed by atoms with Gasteiger partial charge < -0.3 is 0 Å². The summed E-state index contributed by atoms with van der Waals surface area (Å²) in [6, 6.07) is 13.3. The van der Waals surface area contributed by atoms with Crippen LogP contribution in [0, 0.1) is 5.82 Å². The Morgan fingerprint density at radius 2 is 1.86 bits per heavy atom. The molecular formula is C15H9FN4O. The highest BCUT2D eigenvalue weighted by atomic mass is 19.1. The first kappa shape index (κ1) is 11.8. The molecule has 2 heterocycles. The average molecular weight is 280 g/mol. The number of nitrogens with zero attached hydrogens (tertiary/aromatic N) is 3. The predicted molar refractivity (Wildman–Crippen MR) is 76.5 cm³/mol. The van der Waals surface area contributed by atoms with Crippen LogP contribution in [0.4, 0.5) is 4.39 Å². The lowest BCUT2D eigenvalue weighted by Crippen LogP contribution is -2.15. The van der Waals surface area contributed by atoms with E-state index in [4.69, 9.17) is 0 Å². The highest BCUT2D eigenvalue weighted by molar-refractivity contribution is 5.79. The first-order chi connectivity index (χ1) is 10.2. The van der Waals surface area contributed by atoms with E-state index in [2.05, 4.69) is 15.1 Å². The Bertz CT molecular complexity index is 1020. The van der Waals surface area contributed by atoms with Crippen LogP contribution in [-0.2, 0) is 0 Å². The molecule has 0 radical (unpaired) electrons. The van der Waals surface area contributed by atoms with Crippen molar-refractivity contribution in [1.82, 2.24) is 19.6 Å². The van der Waals surface area contributed by atoms with E-state index in [1.807, 2.05) is 30.3 Å². The van der Waals surface area contributed by atoms with Crippen molar-refractivity contribution in [3.63, 3.8) is 0 Å². The van der Waals surface area contributed by atoms with Crippen molar-refractivity contribution >= 4 is 16.7 Å². The second-order valence-corrected chi connectivity index (χ2v) is 4.65. The zero-order chi connectivity index (χ0) is 14.4. The monoisotopic (exact) mass is 280 g/mol. The molecule has 2 aromatic carbocycles. The number of aromatic amines is 1. The van der Waals surface area contributed by atoms with Crippen molar-refractivity contribution in [1.29, 1.82) is 0 Å². The Kier molecular flexibility index (Phi) is 2.38. The number of nitrogens with one attached hydrogen (secondary N) is 1. The normalized spacial score (nSPS) is 11.3. The number of rotatable bonds is 1. The lowest BCUT2D eigenvalue weighted by molar-refractivity contribution is 0.629. The standard InChI is InChI=1S/C15H9FN4O/c16-10-6-7-12-11(8-10)14(21)20-15(17-12)18-13(19-20)9-4-2-1-3-5-9/h1-8H,(H,17,18,19). The first-order valence-corrected chi connectivity index (χ1v) is 6.36. The molecule has 0 aliphatic rings. The predicted octanol–water partition coefficient (Wildman–Crippen LogP) is 2.38. The highest BCUT2D eigenvalue weighted by Crippen LogP contribution is 2.16. The molecule has 0 spiro atoms. The van der Waals surface area contributed by atoms with E-state index in [0.717, 1.165) is 5.56 Å². The van der Waals surface area contributed by atoms with Crippen LogP contribution in [0.3, 0.4) is 0 Å². The van der Waals surface area contributed by atoms with Gasteiger partial charge >= 0.3 is 0 Å². The maximum atomic E-state index is 13.3. The molecule has 0 atom stereocenters. The van der Waals surface area contributed by atoms with Gasteiger partial charge in [-0.3, -0.25) is 9.89 Å². The number of halogens is 1. The Labute approximate surface area is 117 Å². The van der Waals surface area contributed by atoms with Crippen LogP contribution >= 0.6 is 0 Å². The minimum atomic E-state index is -0.468. The van der Waals surface area contributed by atoms with Crippen LogP contribution < -0.4 is 5.56 Å². The fraction of sp³-hybridized carbons (Fsp3) is 0. The molecule has 5 nitrogen and oxygen atoms in total. The smallest absolute Gasteiger partial charge is 0.271 e. The van der Waals surface area contributed by atoms with Crippen LogP contribution in [0.1, 0.15) is 0 Å². The summed E-state index contributed by atoms with van der Waals surface area (Å²) in [7, 11) is 0. The van der Waals surface area contributed by atoms with Gasteiger partial charge in [0, 0.05) is 5.56 Å². The van der Waals surface area contributed by atoms with E-state index in [1.54, 1.807) is 0 Å². The number of fused-ring (bicyclic) bond motifs is 2. The van der Waals surface area contributed by atoms with E-state index < -0.39 is 5.82 Å². The molecule has 0 fully saturated rings. The fourth-order valence-corrected chi connectivity index (χ4v) is 2.28. The van der Waals surface area contributed by atoms with Crippen molar-refractivity contribution < 1.29 is 4.39 Å². The van der Waals surface area contributed by atoms with Crippen molar-refractivity contribution in [2.75, 3.05) is 0 Å². The van der Waals surface area contributed by atoms with Gasteiger partial charge in [0.2, 0.25) is 0 Å². The van der Waals surface area contributed by atoms with E-state index in [0.29, 0.717) is 11.3 Å². The van der Waals surface area contributed by atoms with Gasteiger partial charge in [-0.15, -0.1) is 0 Å². The largest absolute Gasteiger partial charge is 0.281 e. The molecular weight excluding hydrogens is 271 g/mol. The SMILES string of the molecule is O=c1c2cc(F)ccc2nc2nc(-c3ccccc3)[nH]n12. The third-order valence-corrected chi connectivity index (χ3v) is 3.29. The van der Waals surface area contributed by atoms with Crippen molar-refractivity contribution in [2.45, 2.75) is 0 Å². The van der Waals surface area contributed by atoms with Gasteiger partial charge in [-0.05, 0) is 18.2 Å². The molecule has 21 heavy (non-hydrogen) atoms. The zero-order valence-corrected chi connectivity index (χ0v) is 10.7. The second kappa shape index (κ2) is 4.24. The maximum absolute atomic E-state index is 13.3. The molecule has 102 valence electrons. The number of hydrogen-bond acceptors (Lipinski definition) is 3. The summed E-state index contributed by atoms with van der Waals surface area (Å²) in [5, 5.41) is 3.12. The molecule has 4 aromatic rings. The average Bonchev–Trinajstić information content (AvgIpc) is 2.94. The minimum absolute atomic E-state index is 0.218. The minimum Gasteiger partial charge on any atom is -0.271 e. The summed E-state index contributed by atoms with van der Waals surface area (Å²) in [6.45, 7) is 0. The first-order valence-electron chi connectivity index (χ1n) is 6.36. The molecule has 0 unspecified atom stereocenters. The molecule has 0 amide bonds. The van der Waals surface area contributed by atoms with Crippen LogP contribution in [0.2, 0.25) is 0 Å². The van der Waals surface area contributed by atoms with Gasteiger partial charge in [0.05, 0.1) is 10.9 Å². The number of H-pyrrole nitrogens is 1. The molecule has 0 saturated heterocycles. The third kappa shape index (κ3) is 1.80. The van der Waals surface area contributed by atoms with Gasteiger partial charge in [0.1, 0.15) is 5.82 Å². The topological polar surface area (TPSA) is 63.0 Å². The van der Waals surface area contributed by atoms with Crippen molar-refractivity contribution in [2.24, 2.45) is 0 Å². The lowest BCUT2D eigenvalue weighted by atomic mass is 10.2. The van der Waals surface area contributed by atoms with E-state index >= 15 is 0 Å². The third-order valence-electron chi connectivity index (χ3n) is 3.29. The molecule has 0 bridgehead atoms. The quantitative estimate of drug-likeness (QED) is 0.582. The summed E-state index contributed by atoms with van der Waals surface area (Å²) in [5.74, 6) is 0.332. The Balaban J connectivity index is 2.06. The molecule has 0 aliphatic heterocycles. The maximum Gasteiger partial charge on any atom is 0.281 e. The summed E-state index contributed by atoms with van der Waals surface area (Å²) in [6.07, 6.45) is 0. The molecule has 0 aliphatic carbocycles. The van der Waals surface area contributed by atoms with Gasteiger partial charge in [0.15, 0.2) is 5.82 Å². The van der Waals surface area contributed by atoms with E-state index in [-0.39, 0.29) is 16.7 Å². The van der Waals surface area contributed by atoms with Gasteiger partial charge in [0.25, 0.3) is 11.3 Å². The lowest BCUT2D eigenvalue weighted by Gasteiger charge is -1.97. The second-order valence-electron chi connectivity index (χ2n) is 4.65. The van der Waals surface area contributed by atoms with Crippen molar-refractivity contribution in [3.05, 3.63) is 64.7 Å². The molecule has 4 rings (SSSR count). The summed E-state index contributed by atoms with van der Waals surface area (Å²) >= 11 is 0. The van der Waals surface area contributed by atoms with Gasteiger partial charge in [-0.1, -0.05) is 30.3 Å². The Morgan fingerprint density at radius 1 is 1.05 bits per heavy atom. The highest BCUT2D eigenvalue weighted by Gasteiger charge is 2.11. The van der Waals surface area contributed by atoms with Crippen LogP contribution in [0.25, 0.3) is 28.1 Å². The Hall–Kier alpha value is -3.02. The number of benzene rings is 2. The summed E-state index contributed by atoms with van der Waals surface area (Å²) in [5.41, 5.74) is 0.898.